The van der Waals surface area contributed by atoms with Crippen molar-refractivity contribution in [1.82, 2.24) is 4.90 Å². The Hall–Kier alpha value is -2.37. The van der Waals surface area contributed by atoms with Crippen LogP contribution in [0.5, 0.6) is 0 Å². The number of carboxylic acid groups (broad SMARTS) is 1. The van der Waals surface area contributed by atoms with Crippen LogP contribution in [0, 0.1) is 0 Å². The third kappa shape index (κ3) is 2.64. The molecule has 0 atom stereocenters. The molecule has 0 saturated carbocycles. The lowest BCUT2D eigenvalue weighted by molar-refractivity contribution is -0.137. The van der Waals surface area contributed by atoms with E-state index in [1.54, 1.807) is 30.1 Å². The van der Waals surface area contributed by atoms with Crippen molar-refractivity contribution in [2.45, 2.75) is 12.8 Å². The van der Waals surface area contributed by atoms with Gasteiger partial charge in [-0.05, 0) is 30.2 Å². The number of fused-ring (bicyclic) bond motifs is 1. The summed E-state index contributed by atoms with van der Waals surface area (Å²) in [5.74, 6) is -1.33. The van der Waals surface area contributed by atoms with Crippen LogP contribution in [0.25, 0.3) is 0 Å². The van der Waals surface area contributed by atoms with Gasteiger partial charge in [-0.1, -0.05) is 0 Å². The van der Waals surface area contributed by atoms with E-state index >= 15 is 0 Å². The first kappa shape index (κ1) is 14.0. The quantitative estimate of drug-likeness (QED) is 0.883. The number of carbonyl (C=O) groups is 3. The van der Waals surface area contributed by atoms with E-state index in [1.165, 1.54) is 7.05 Å². The van der Waals surface area contributed by atoms with Gasteiger partial charge in [-0.2, -0.15) is 0 Å². The lowest BCUT2D eigenvalue weighted by atomic mass is 9.99. The Bertz CT molecular complexity index is 583. The van der Waals surface area contributed by atoms with Crippen molar-refractivity contribution in [2.75, 3.05) is 25.5 Å². The van der Waals surface area contributed by atoms with Crippen LogP contribution in [0.2, 0.25) is 0 Å². The maximum Gasteiger partial charge on any atom is 0.323 e. The fraction of sp³-hybridized carbons (Fsp3) is 0.357. The number of amides is 2. The summed E-state index contributed by atoms with van der Waals surface area (Å²) >= 11 is 0. The van der Waals surface area contributed by atoms with Crippen LogP contribution < -0.4 is 4.90 Å². The number of aliphatic carboxylic acids is 1. The van der Waals surface area contributed by atoms with Gasteiger partial charge in [0.1, 0.15) is 6.54 Å². The molecule has 0 radical (unpaired) electrons. The van der Waals surface area contributed by atoms with E-state index in [0.717, 1.165) is 16.2 Å². The number of carboxylic acids is 1. The zero-order chi connectivity index (χ0) is 14.9. The summed E-state index contributed by atoms with van der Waals surface area (Å²) in [6.07, 6.45) is 1.02. The highest BCUT2D eigenvalue weighted by atomic mass is 16.4. The van der Waals surface area contributed by atoms with Crippen molar-refractivity contribution in [2.24, 2.45) is 0 Å². The molecule has 6 heteroatoms. The average Bonchev–Trinajstić information content (AvgIpc) is 2.41. The molecule has 2 amide bonds. The Morgan fingerprint density at radius 3 is 2.70 bits per heavy atom. The summed E-state index contributed by atoms with van der Waals surface area (Å²) < 4.78 is 0. The van der Waals surface area contributed by atoms with E-state index in [2.05, 4.69) is 0 Å². The Balaban J connectivity index is 2.25. The van der Waals surface area contributed by atoms with Crippen LogP contribution in [-0.2, 0) is 16.0 Å². The van der Waals surface area contributed by atoms with Gasteiger partial charge in [0.05, 0.1) is 0 Å². The first-order valence-electron chi connectivity index (χ1n) is 6.27. The van der Waals surface area contributed by atoms with Crippen LogP contribution in [0.15, 0.2) is 18.2 Å². The lowest BCUT2D eigenvalue weighted by Gasteiger charge is -2.26. The number of anilines is 1. The van der Waals surface area contributed by atoms with E-state index in [4.69, 9.17) is 5.11 Å². The van der Waals surface area contributed by atoms with Crippen LogP contribution in [0.4, 0.5) is 5.69 Å². The monoisotopic (exact) mass is 276 g/mol. The third-order valence-corrected chi connectivity index (χ3v) is 3.39. The first-order valence-corrected chi connectivity index (χ1v) is 6.27. The zero-order valence-corrected chi connectivity index (χ0v) is 11.4. The van der Waals surface area contributed by atoms with Crippen molar-refractivity contribution < 1.29 is 19.5 Å². The molecule has 1 aromatic rings. The first-order chi connectivity index (χ1) is 9.40. The summed E-state index contributed by atoms with van der Waals surface area (Å²) in [6, 6.07) is 5.09. The maximum atomic E-state index is 12.1. The van der Waals surface area contributed by atoms with E-state index in [-0.39, 0.29) is 18.4 Å². The van der Waals surface area contributed by atoms with Gasteiger partial charge < -0.3 is 14.9 Å². The second-order valence-corrected chi connectivity index (χ2v) is 4.85. The second-order valence-electron chi connectivity index (χ2n) is 4.85. The third-order valence-electron chi connectivity index (χ3n) is 3.39. The van der Waals surface area contributed by atoms with Crippen LogP contribution in [-0.4, -0.2) is 48.4 Å². The number of nitrogens with zero attached hydrogens (tertiary/aromatic N) is 2. The summed E-state index contributed by atoms with van der Waals surface area (Å²) in [7, 11) is 3.16. The highest BCUT2D eigenvalue weighted by Crippen LogP contribution is 2.27. The minimum atomic E-state index is -1.05. The molecule has 0 bridgehead atoms. The summed E-state index contributed by atoms with van der Waals surface area (Å²) in [5, 5.41) is 8.70. The molecule has 1 aliphatic rings. The van der Waals surface area contributed by atoms with Crippen LogP contribution in [0.1, 0.15) is 22.3 Å². The van der Waals surface area contributed by atoms with E-state index in [1.807, 2.05) is 0 Å². The van der Waals surface area contributed by atoms with Gasteiger partial charge in [0.15, 0.2) is 0 Å². The molecular formula is C14H16N2O4. The molecule has 0 unspecified atom stereocenters. The predicted octanol–water partition coefficient (Wildman–Crippen LogP) is 0.752. The Morgan fingerprint density at radius 2 is 2.05 bits per heavy atom. The molecule has 1 aliphatic heterocycles. The van der Waals surface area contributed by atoms with Gasteiger partial charge in [0.25, 0.3) is 5.91 Å². The smallest absolute Gasteiger partial charge is 0.323 e. The summed E-state index contributed by atoms with van der Waals surface area (Å²) in [6.45, 7) is -0.339. The standard InChI is InChI=1S/C14H16N2O4/c1-15(8-13(18)19)14(20)10-3-5-11-9(7-10)4-6-12(17)16(11)2/h3,5,7H,4,6,8H2,1-2H3,(H,18,19). The minimum absolute atomic E-state index is 0.0552. The summed E-state index contributed by atoms with van der Waals surface area (Å²) in [4.78, 5) is 37.0. The van der Waals surface area contributed by atoms with Crippen molar-refractivity contribution in [3.63, 3.8) is 0 Å². The fourth-order valence-electron chi connectivity index (χ4n) is 2.28. The highest BCUT2D eigenvalue weighted by Gasteiger charge is 2.22. The molecule has 0 saturated heterocycles. The molecule has 0 fully saturated rings. The number of aryl methyl sites for hydroxylation is 1. The van der Waals surface area contributed by atoms with Gasteiger partial charge in [-0.15, -0.1) is 0 Å². The molecule has 0 aliphatic carbocycles. The van der Waals surface area contributed by atoms with Gasteiger partial charge >= 0.3 is 5.97 Å². The topological polar surface area (TPSA) is 77.9 Å². The molecule has 1 aromatic carbocycles. The van der Waals surface area contributed by atoms with E-state index in [0.29, 0.717) is 18.4 Å². The molecule has 2 rings (SSSR count). The lowest BCUT2D eigenvalue weighted by Crippen LogP contribution is -2.33. The van der Waals surface area contributed by atoms with E-state index < -0.39 is 5.97 Å². The number of benzene rings is 1. The molecule has 1 N–H and O–H groups in total. The number of carbonyl (C=O) groups excluding carboxylic acids is 2. The van der Waals surface area contributed by atoms with Gasteiger partial charge in [0.2, 0.25) is 5.91 Å². The molecule has 106 valence electrons. The van der Waals surface area contributed by atoms with Crippen LogP contribution >= 0.6 is 0 Å². The number of hydrogen-bond donors (Lipinski definition) is 1. The Labute approximate surface area is 116 Å². The fourth-order valence-corrected chi connectivity index (χ4v) is 2.28. The molecule has 20 heavy (non-hydrogen) atoms. The van der Waals surface area contributed by atoms with E-state index in [9.17, 15) is 14.4 Å². The predicted molar refractivity (Wildman–Crippen MR) is 72.8 cm³/mol. The van der Waals surface area contributed by atoms with Crippen molar-refractivity contribution >= 4 is 23.5 Å². The average molecular weight is 276 g/mol. The molecule has 0 aromatic heterocycles. The van der Waals surface area contributed by atoms with Crippen molar-refractivity contribution in [3.05, 3.63) is 29.3 Å². The number of likely N-dealkylation sites (N-methyl/N-ethyl adjacent to an activating group) is 1. The SMILES string of the molecule is CN(CC(=O)O)C(=O)c1ccc2c(c1)CCC(=O)N2C. The molecular weight excluding hydrogens is 260 g/mol. The normalized spacial score (nSPS) is 13.9. The van der Waals surface area contributed by atoms with Gasteiger partial charge in [-0.3, -0.25) is 14.4 Å². The maximum absolute atomic E-state index is 12.1. The van der Waals surface area contributed by atoms with Gasteiger partial charge in [-0.25, -0.2) is 0 Å². The highest BCUT2D eigenvalue weighted by molar-refractivity contribution is 5.99. The molecule has 1 heterocycles. The zero-order valence-electron chi connectivity index (χ0n) is 11.4. The number of rotatable bonds is 3. The second kappa shape index (κ2) is 5.32. The Morgan fingerprint density at radius 1 is 1.35 bits per heavy atom. The number of hydrogen-bond acceptors (Lipinski definition) is 3. The minimum Gasteiger partial charge on any atom is -0.480 e. The largest absolute Gasteiger partial charge is 0.480 e. The van der Waals surface area contributed by atoms with Crippen molar-refractivity contribution in [1.29, 1.82) is 0 Å². The molecule has 6 nitrogen and oxygen atoms in total. The van der Waals surface area contributed by atoms with Crippen molar-refractivity contribution in [3.8, 4) is 0 Å². The summed E-state index contributed by atoms with van der Waals surface area (Å²) in [5.41, 5.74) is 2.18. The molecule has 0 spiro atoms. The van der Waals surface area contributed by atoms with Crippen LogP contribution in [0.3, 0.4) is 0 Å². The van der Waals surface area contributed by atoms with Gasteiger partial charge in [0, 0.05) is 31.8 Å². The Kier molecular flexibility index (Phi) is 3.74.